The van der Waals surface area contributed by atoms with Crippen molar-refractivity contribution < 1.29 is 9.47 Å². The third-order valence-electron chi connectivity index (χ3n) is 3.86. The van der Waals surface area contributed by atoms with Gasteiger partial charge in [-0.2, -0.15) is 0 Å². The molecule has 0 aliphatic rings. The first-order valence-electron chi connectivity index (χ1n) is 8.33. The number of rotatable bonds is 8. The molecule has 0 amide bonds. The van der Waals surface area contributed by atoms with E-state index < -0.39 is 0 Å². The summed E-state index contributed by atoms with van der Waals surface area (Å²) in [5.74, 6) is 1.41. The molecule has 2 rings (SSSR count). The minimum absolute atomic E-state index is 0. The quantitative estimate of drug-likeness (QED) is 0.236. The van der Waals surface area contributed by atoms with Crippen molar-refractivity contribution in [3.8, 4) is 5.88 Å². The summed E-state index contributed by atoms with van der Waals surface area (Å²) >= 11 is 3.51. The van der Waals surface area contributed by atoms with Crippen molar-refractivity contribution in [2.45, 2.75) is 13.1 Å². The average molecular weight is 552 g/mol. The molecule has 1 N–H and O–H groups in total. The van der Waals surface area contributed by atoms with Crippen LogP contribution in [0.1, 0.15) is 11.3 Å². The summed E-state index contributed by atoms with van der Waals surface area (Å²) in [7, 11) is 7.47. The number of pyridine rings is 1. The van der Waals surface area contributed by atoms with Crippen LogP contribution in [0.3, 0.4) is 0 Å². The largest absolute Gasteiger partial charge is 0.475 e. The molecule has 0 aliphatic carbocycles. The lowest BCUT2D eigenvalue weighted by Crippen LogP contribution is -2.38. The van der Waals surface area contributed by atoms with Gasteiger partial charge in [0.1, 0.15) is 6.61 Å². The summed E-state index contributed by atoms with van der Waals surface area (Å²) < 4.78 is 13.9. The van der Waals surface area contributed by atoms with Crippen LogP contribution in [0.25, 0.3) is 0 Å². The molecule has 2 heterocycles. The summed E-state index contributed by atoms with van der Waals surface area (Å²) in [4.78, 5) is 10.7. The molecule has 0 unspecified atom stereocenters. The molecule has 0 atom stereocenters. The predicted octanol–water partition coefficient (Wildman–Crippen LogP) is 3.03. The van der Waals surface area contributed by atoms with Crippen LogP contribution in [0.2, 0.25) is 0 Å². The molecule has 0 saturated heterocycles. The third kappa shape index (κ3) is 7.30. The Morgan fingerprint density at radius 3 is 2.81 bits per heavy atom. The van der Waals surface area contributed by atoms with E-state index in [2.05, 4.69) is 46.8 Å². The third-order valence-corrected chi connectivity index (χ3v) is 4.29. The summed E-state index contributed by atoms with van der Waals surface area (Å²) in [5.41, 5.74) is 2.16. The second kappa shape index (κ2) is 12.2. The summed E-state index contributed by atoms with van der Waals surface area (Å²) in [5, 5.41) is 3.37. The van der Waals surface area contributed by atoms with Gasteiger partial charge in [-0.25, -0.2) is 4.98 Å². The fourth-order valence-corrected chi connectivity index (χ4v) is 3.08. The summed E-state index contributed by atoms with van der Waals surface area (Å²) in [6.07, 6.45) is 3.76. The Kier molecular flexibility index (Phi) is 10.7. The van der Waals surface area contributed by atoms with Crippen molar-refractivity contribution in [2.75, 3.05) is 34.4 Å². The second-order valence-electron chi connectivity index (χ2n) is 5.83. The molecule has 0 bridgehead atoms. The smallest absolute Gasteiger partial charge is 0.218 e. The minimum atomic E-state index is 0. The molecular weight excluding hydrogens is 525 g/mol. The standard InChI is InChI=1S/C18H26BrN5O2.HI/c1-20-18(24(3)13-16-10-15(19)12-23(16)2)22-11-14-6-5-7-21-17(14)26-9-8-25-4;/h5-7,10,12H,8-9,11,13H2,1-4H3,(H,20,22);1H. The Bertz CT molecular complexity index is 738. The summed E-state index contributed by atoms with van der Waals surface area (Å²) in [6.45, 7) is 2.31. The first-order valence-corrected chi connectivity index (χ1v) is 9.12. The normalized spacial score (nSPS) is 11.1. The van der Waals surface area contributed by atoms with Gasteiger partial charge in [0.05, 0.1) is 13.2 Å². The zero-order valence-electron chi connectivity index (χ0n) is 16.1. The van der Waals surface area contributed by atoms with Crippen molar-refractivity contribution >= 4 is 45.9 Å². The van der Waals surface area contributed by atoms with Crippen molar-refractivity contribution in [2.24, 2.45) is 12.0 Å². The fraction of sp³-hybridized carbons (Fsp3) is 0.444. The molecule has 2 aromatic rings. The van der Waals surface area contributed by atoms with E-state index in [9.17, 15) is 0 Å². The van der Waals surface area contributed by atoms with E-state index in [-0.39, 0.29) is 24.0 Å². The van der Waals surface area contributed by atoms with Gasteiger partial charge in [0.15, 0.2) is 5.96 Å². The van der Waals surface area contributed by atoms with E-state index in [4.69, 9.17) is 9.47 Å². The monoisotopic (exact) mass is 551 g/mol. The minimum Gasteiger partial charge on any atom is -0.475 e. The molecule has 0 aliphatic heterocycles. The molecule has 2 aromatic heterocycles. The lowest BCUT2D eigenvalue weighted by Gasteiger charge is -2.22. The Balaban J connectivity index is 0.00000364. The van der Waals surface area contributed by atoms with Gasteiger partial charge < -0.3 is 24.3 Å². The highest BCUT2D eigenvalue weighted by atomic mass is 127. The molecule has 0 radical (unpaired) electrons. The second-order valence-corrected chi connectivity index (χ2v) is 6.74. The van der Waals surface area contributed by atoms with Gasteiger partial charge in [-0.1, -0.05) is 6.07 Å². The van der Waals surface area contributed by atoms with E-state index in [1.165, 1.54) is 5.69 Å². The average Bonchev–Trinajstić information content (AvgIpc) is 2.94. The fourth-order valence-electron chi connectivity index (χ4n) is 2.51. The number of hydrogen-bond donors (Lipinski definition) is 1. The highest BCUT2D eigenvalue weighted by molar-refractivity contribution is 14.0. The molecule has 27 heavy (non-hydrogen) atoms. The lowest BCUT2D eigenvalue weighted by atomic mass is 10.2. The van der Waals surface area contributed by atoms with Crippen LogP contribution in [0.15, 0.2) is 40.1 Å². The van der Waals surface area contributed by atoms with Gasteiger partial charge in [-0.15, -0.1) is 24.0 Å². The number of hydrogen-bond acceptors (Lipinski definition) is 4. The van der Waals surface area contributed by atoms with Gasteiger partial charge in [-0.05, 0) is 28.1 Å². The van der Waals surface area contributed by atoms with Crippen molar-refractivity contribution in [3.05, 3.63) is 46.3 Å². The number of nitrogens with zero attached hydrogens (tertiary/aromatic N) is 4. The SMILES string of the molecule is CN=C(NCc1cccnc1OCCOC)N(C)Cc1cc(Br)cn1C.I. The van der Waals surface area contributed by atoms with Crippen LogP contribution in [-0.4, -0.2) is 54.8 Å². The van der Waals surface area contributed by atoms with Gasteiger partial charge in [0, 0.05) is 62.9 Å². The van der Waals surface area contributed by atoms with Crippen molar-refractivity contribution in [3.63, 3.8) is 0 Å². The zero-order valence-corrected chi connectivity index (χ0v) is 20.0. The topological polar surface area (TPSA) is 63.9 Å². The summed E-state index contributed by atoms with van der Waals surface area (Å²) in [6, 6.07) is 5.99. The van der Waals surface area contributed by atoms with E-state index in [1.54, 1.807) is 20.4 Å². The number of ether oxygens (including phenoxy) is 2. The maximum Gasteiger partial charge on any atom is 0.218 e. The van der Waals surface area contributed by atoms with Gasteiger partial charge in [-0.3, -0.25) is 4.99 Å². The maximum atomic E-state index is 5.68. The Morgan fingerprint density at radius 2 is 2.19 bits per heavy atom. The first-order chi connectivity index (χ1) is 12.5. The molecule has 0 fully saturated rings. The van der Waals surface area contributed by atoms with E-state index in [0.717, 1.165) is 22.5 Å². The van der Waals surface area contributed by atoms with Crippen LogP contribution >= 0.6 is 39.9 Å². The van der Waals surface area contributed by atoms with Crippen LogP contribution in [0.4, 0.5) is 0 Å². The maximum absolute atomic E-state index is 5.68. The number of nitrogens with one attached hydrogen (secondary N) is 1. The Hall–Kier alpha value is -1.33. The lowest BCUT2D eigenvalue weighted by molar-refractivity contribution is 0.143. The van der Waals surface area contributed by atoms with Gasteiger partial charge in [0.25, 0.3) is 0 Å². The number of aryl methyl sites for hydroxylation is 1. The van der Waals surface area contributed by atoms with E-state index >= 15 is 0 Å². The number of aromatic nitrogens is 2. The van der Waals surface area contributed by atoms with Crippen LogP contribution in [0, 0.1) is 0 Å². The Morgan fingerprint density at radius 1 is 1.41 bits per heavy atom. The molecule has 0 saturated carbocycles. The molecular formula is C18H27BrIN5O2. The van der Waals surface area contributed by atoms with Crippen LogP contribution in [0.5, 0.6) is 5.88 Å². The van der Waals surface area contributed by atoms with Crippen LogP contribution in [-0.2, 0) is 24.9 Å². The number of aliphatic imine (C=N–C) groups is 1. The highest BCUT2D eigenvalue weighted by Gasteiger charge is 2.11. The number of guanidine groups is 1. The zero-order chi connectivity index (χ0) is 18.9. The Labute approximate surface area is 186 Å². The molecule has 0 spiro atoms. The molecule has 150 valence electrons. The van der Waals surface area contributed by atoms with Gasteiger partial charge >= 0.3 is 0 Å². The number of methoxy groups -OCH3 is 1. The molecule has 7 nitrogen and oxygen atoms in total. The predicted molar refractivity (Wildman–Crippen MR) is 122 cm³/mol. The molecule has 0 aromatic carbocycles. The van der Waals surface area contributed by atoms with Crippen molar-refractivity contribution in [1.29, 1.82) is 0 Å². The highest BCUT2D eigenvalue weighted by Crippen LogP contribution is 2.16. The van der Waals surface area contributed by atoms with Crippen molar-refractivity contribution in [1.82, 2.24) is 19.8 Å². The van der Waals surface area contributed by atoms with Gasteiger partial charge in [0.2, 0.25) is 5.88 Å². The number of halogens is 2. The van der Waals surface area contributed by atoms with Crippen LogP contribution < -0.4 is 10.1 Å². The first kappa shape index (κ1) is 23.7. The molecule has 9 heteroatoms. The van der Waals surface area contributed by atoms with E-state index in [0.29, 0.717) is 25.6 Å². The van der Waals surface area contributed by atoms with E-state index in [1.807, 2.05) is 32.4 Å².